The van der Waals surface area contributed by atoms with E-state index in [4.69, 9.17) is 21.1 Å². The number of hydrogen-bond acceptors (Lipinski definition) is 30. The summed E-state index contributed by atoms with van der Waals surface area (Å²) in [5, 5.41) is 177. The second kappa shape index (κ2) is 45.8. The molecule has 0 saturated carbocycles. The van der Waals surface area contributed by atoms with E-state index in [2.05, 4.69) is 47.9 Å². The lowest BCUT2D eigenvalue weighted by molar-refractivity contribution is -0.143. The van der Waals surface area contributed by atoms with Gasteiger partial charge in [-0.15, -0.1) is 11.8 Å². The predicted molar refractivity (Wildman–Crippen MR) is 336 cm³/mol. The van der Waals surface area contributed by atoms with Gasteiger partial charge in [0.1, 0.15) is 79.1 Å². The molecule has 1 aliphatic heterocycles. The molecule has 40 nitrogen and oxygen atoms in total. The zero-order valence-electron chi connectivity index (χ0n) is 54.6. The lowest BCUT2D eigenvalue weighted by Gasteiger charge is -2.26. The van der Waals surface area contributed by atoms with Crippen molar-refractivity contribution in [3.8, 4) is 0 Å². The molecule has 11 amide bonds. The Labute approximate surface area is 566 Å². The number of nitrogens with zero attached hydrogens (tertiary/aromatic N) is 1. The number of rotatable bonds is 50. The van der Waals surface area contributed by atoms with E-state index in [1.807, 2.05) is 0 Å². The molecule has 41 heteroatoms. The van der Waals surface area contributed by atoms with Crippen molar-refractivity contribution in [2.24, 2.45) is 11.7 Å². The van der Waals surface area contributed by atoms with E-state index in [0.717, 1.165) is 30.5 Å². The van der Waals surface area contributed by atoms with Crippen molar-refractivity contribution in [1.82, 2.24) is 52.8 Å². The van der Waals surface area contributed by atoms with E-state index in [0.29, 0.717) is 0 Å². The molecule has 1 heterocycles. The number of nitrogens with one attached hydrogen (secondary N) is 9. The average molecular weight is 1430 g/mol. The van der Waals surface area contributed by atoms with Gasteiger partial charge in [0.05, 0.1) is 55.3 Å². The minimum absolute atomic E-state index is 0.0646. The number of aliphatic hydroxyl groups is 15. The lowest BCUT2D eigenvalue weighted by Crippen LogP contribution is -2.58. The molecule has 27 N–H and O–H groups in total. The number of amides is 11. The largest absolute Gasteiger partial charge is 0.481 e. The first-order valence-electron chi connectivity index (χ1n) is 31.4. The molecule has 0 aromatic carbocycles. The van der Waals surface area contributed by atoms with Gasteiger partial charge in [-0.05, 0) is 46.5 Å². The van der Waals surface area contributed by atoms with Crippen molar-refractivity contribution in [1.29, 1.82) is 0 Å². The Kier molecular flexibility index (Phi) is 41.7. The van der Waals surface area contributed by atoms with Crippen molar-refractivity contribution in [2.75, 3.05) is 58.3 Å². The second-order valence-corrected chi connectivity index (χ2v) is 24.7. The summed E-state index contributed by atoms with van der Waals surface area (Å²) in [6.07, 6.45) is -29.1. The third-order valence-corrected chi connectivity index (χ3v) is 16.6. The Morgan fingerprint density at radius 1 is 0.490 bits per heavy atom. The molecule has 0 aromatic heterocycles. The molecule has 562 valence electrons. The predicted octanol–water partition coefficient (Wildman–Crippen LogP) is -13.4. The van der Waals surface area contributed by atoms with Gasteiger partial charge in [-0.25, -0.2) is 0 Å². The third kappa shape index (κ3) is 32.0. The van der Waals surface area contributed by atoms with Gasteiger partial charge in [0.15, 0.2) is 5.78 Å². The molecule has 0 aliphatic carbocycles. The van der Waals surface area contributed by atoms with Crippen LogP contribution in [0.4, 0.5) is 0 Å². The third-order valence-electron chi connectivity index (χ3n) is 15.3. The van der Waals surface area contributed by atoms with Crippen LogP contribution < -0.4 is 53.6 Å². The molecule has 1 saturated heterocycles. The summed E-state index contributed by atoms with van der Waals surface area (Å²) < 4.78 is 0. The SMILES string of the molecule is CCC(=O)NCCN1C(=O)CC(SC[C@@H](CC(=O)[C@H](CCC(=O)NC[C@H](O)[C@@H](O)[C@H](O)[C@H](O)CO)NC(=O)[C@@H](C)NC(=O)[C@H](CCC(=O)NC[C@H](O)[C@@H](O)[C@H](O)[C@H](O)CO)NC(=O)[C@@H](C)NC(=O)[C@H](CCC(=O)NC[C@H](O)[C@@H](O)[C@H](O)[C@H](O)CO)NC(=O)CC[C@@H](C)N)C(=O)O)C1=O. The monoisotopic (exact) mass is 1430 g/mol. The maximum Gasteiger partial charge on any atom is 0.307 e. The van der Waals surface area contributed by atoms with Crippen molar-refractivity contribution in [3.05, 3.63) is 0 Å². The number of imide groups is 1. The number of carbonyl (C=O) groups excluding carboxylic acids is 12. The van der Waals surface area contributed by atoms with Crippen molar-refractivity contribution in [2.45, 2.75) is 213 Å². The maximum atomic E-state index is 14.2. The zero-order chi connectivity index (χ0) is 74.8. The molecule has 1 aliphatic rings. The highest BCUT2D eigenvalue weighted by Crippen LogP contribution is 2.28. The minimum Gasteiger partial charge on any atom is -0.481 e. The smallest absolute Gasteiger partial charge is 0.307 e. The van der Waals surface area contributed by atoms with Crippen LogP contribution in [-0.4, -0.2) is 336 Å². The number of aliphatic carboxylic acids is 1. The molecular weight excluding hydrogens is 1330 g/mol. The van der Waals surface area contributed by atoms with E-state index in [1.165, 1.54) is 0 Å². The Hall–Kier alpha value is -6.78. The van der Waals surface area contributed by atoms with Gasteiger partial charge < -0.3 is 135 Å². The maximum absolute atomic E-state index is 14.2. The molecule has 0 aromatic rings. The number of carbonyl (C=O) groups is 13. The van der Waals surface area contributed by atoms with Gasteiger partial charge in [-0.3, -0.25) is 67.2 Å². The topological polar surface area (TPSA) is 683 Å². The summed E-state index contributed by atoms with van der Waals surface area (Å²) in [6.45, 7) is -0.317. The molecule has 0 bridgehead atoms. The highest BCUT2D eigenvalue weighted by atomic mass is 32.2. The minimum atomic E-state index is -2.12. The number of likely N-dealkylation sites (tertiary alicyclic amines) is 1. The first-order chi connectivity index (χ1) is 45.8. The Morgan fingerprint density at radius 3 is 1.23 bits per heavy atom. The zero-order valence-corrected chi connectivity index (χ0v) is 55.4. The van der Waals surface area contributed by atoms with Crippen LogP contribution in [-0.2, 0) is 62.3 Å². The molecule has 1 rings (SSSR count). The van der Waals surface area contributed by atoms with Crippen LogP contribution >= 0.6 is 11.8 Å². The summed E-state index contributed by atoms with van der Waals surface area (Å²) in [4.78, 5) is 173. The van der Waals surface area contributed by atoms with Gasteiger partial charge in [0, 0.05) is 89.5 Å². The van der Waals surface area contributed by atoms with Gasteiger partial charge in [-0.2, -0.15) is 0 Å². The number of carboxylic acid groups (broad SMARTS) is 1. The Balaban J connectivity index is 3.60. The highest BCUT2D eigenvalue weighted by Gasteiger charge is 2.41. The van der Waals surface area contributed by atoms with E-state index in [9.17, 15) is 129 Å². The Morgan fingerprint density at radius 2 is 0.857 bits per heavy atom. The summed E-state index contributed by atoms with van der Waals surface area (Å²) >= 11 is 0.727. The molecule has 0 spiro atoms. The summed E-state index contributed by atoms with van der Waals surface area (Å²) in [7, 11) is 0. The molecule has 0 radical (unpaired) electrons. The fourth-order valence-electron chi connectivity index (χ4n) is 8.91. The standard InChI is InChI=1S/C57H99N11O29S/c1-5-40(79)59-14-15-68-45(84)17-39(56(68)95)98-24-28(57(96)97)16-32(72)29(7-11-41(80)60-18-33(73)46(85)49(88)36(76)21-69)66-52(91)26(3)64-55(94)31(9-13-43(82)62-20-35(75)48(87)51(90)38(78)23-71)67-53(92)27(4)63-54(93)30(65-44(83)10-6-25(2)58)8-12-42(81)61-19-34(74)47(86)50(89)37(77)22-70/h25-31,33-39,46-51,69-71,73-78,85-90H,5-24,58H2,1-4H3,(H,59,79)(H,60,80)(H,61,81)(H,62,82)(H,63,93)(H,64,94)(H,65,83)(H,66,91)(H,67,92)(H,96,97)/t25-,26-,27-,28-,29+,30+,31+,33+,34+,35+,36-,37-,38-,39?,46-,47-,48-,49-,50-,51-/m1/s1. The number of Topliss-reactive ketones (excluding diaryl/α,β-unsaturated/α-hetero) is 1. The number of thioether (sulfide) groups is 1. The second-order valence-electron chi connectivity index (χ2n) is 23.5. The van der Waals surface area contributed by atoms with Crippen LogP contribution in [0.3, 0.4) is 0 Å². The van der Waals surface area contributed by atoms with Crippen molar-refractivity contribution in [3.63, 3.8) is 0 Å². The fourth-order valence-corrected chi connectivity index (χ4v) is 10.2. The van der Waals surface area contributed by atoms with Crippen LogP contribution in [0.5, 0.6) is 0 Å². The number of aliphatic hydroxyl groups excluding tert-OH is 15. The fraction of sp³-hybridized carbons (Fsp3) is 0.772. The van der Waals surface area contributed by atoms with Crippen molar-refractivity contribution < 1.29 is 144 Å². The van der Waals surface area contributed by atoms with Gasteiger partial charge in [0.2, 0.25) is 65.0 Å². The lowest BCUT2D eigenvalue weighted by atomic mass is 9.96. The number of carboxylic acids is 1. The molecular formula is C57H99N11O29S. The van der Waals surface area contributed by atoms with Gasteiger partial charge in [0.25, 0.3) is 0 Å². The first kappa shape index (κ1) is 89.2. The van der Waals surface area contributed by atoms with Crippen LogP contribution in [0.25, 0.3) is 0 Å². The van der Waals surface area contributed by atoms with E-state index < -0.39 is 282 Å². The molecule has 1 fully saturated rings. The Bertz CT molecular complexity index is 2620. The van der Waals surface area contributed by atoms with E-state index >= 15 is 0 Å². The van der Waals surface area contributed by atoms with Gasteiger partial charge >= 0.3 is 5.97 Å². The van der Waals surface area contributed by atoms with Crippen LogP contribution in [0.1, 0.15) is 98.3 Å². The van der Waals surface area contributed by atoms with Gasteiger partial charge in [-0.1, -0.05) is 6.92 Å². The molecule has 98 heavy (non-hydrogen) atoms. The van der Waals surface area contributed by atoms with Crippen LogP contribution in [0, 0.1) is 5.92 Å². The van der Waals surface area contributed by atoms with E-state index in [1.54, 1.807) is 13.8 Å². The van der Waals surface area contributed by atoms with Crippen molar-refractivity contribution >= 4 is 88.5 Å². The summed E-state index contributed by atoms with van der Waals surface area (Å²) in [5.74, 6) is -14.8. The first-order valence-corrected chi connectivity index (χ1v) is 32.4. The summed E-state index contributed by atoms with van der Waals surface area (Å²) in [5.41, 5.74) is 5.77. The number of ketones is 1. The summed E-state index contributed by atoms with van der Waals surface area (Å²) in [6, 6.07) is -9.20. The van der Waals surface area contributed by atoms with Crippen LogP contribution in [0.2, 0.25) is 0 Å². The molecule has 20 atom stereocenters. The van der Waals surface area contributed by atoms with Crippen LogP contribution in [0.15, 0.2) is 0 Å². The highest BCUT2D eigenvalue weighted by molar-refractivity contribution is 8.00. The average Bonchev–Trinajstić information content (AvgIpc) is 1.66. The normalized spacial score (nSPS) is 19.0. The molecule has 1 unspecified atom stereocenters. The quantitative estimate of drug-likeness (QED) is 0.0252. The van der Waals surface area contributed by atoms with E-state index in [-0.39, 0.29) is 44.7 Å². The number of hydrogen-bond donors (Lipinski definition) is 26. The number of nitrogens with two attached hydrogens (primary N) is 1.